The van der Waals surface area contributed by atoms with Crippen LogP contribution in [-0.4, -0.2) is 40.4 Å². The lowest BCUT2D eigenvalue weighted by atomic mass is 10.1. The van der Waals surface area contributed by atoms with E-state index in [2.05, 4.69) is 10.3 Å². The van der Waals surface area contributed by atoms with Crippen molar-refractivity contribution in [3.63, 3.8) is 0 Å². The van der Waals surface area contributed by atoms with Gasteiger partial charge < -0.3 is 20.3 Å². The van der Waals surface area contributed by atoms with Crippen molar-refractivity contribution in [2.45, 2.75) is 32.4 Å². The second-order valence-corrected chi connectivity index (χ2v) is 5.88. The van der Waals surface area contributed by atoms with E-state index < -0.39 is 12.1 Å². The van der Waals surface area contributed by atoms with Crippen molar-refractivity contribution >= 4 is 5.91 Å². The van der Waals surface area contributed by atoms with Gasteiger partial charge in [0, 0.05) is 6.20 Å². The van der Waals surface area contributed by atoms with Crippen molar-refractivity contribution in [1.29, 1.82) is 0 Å². The lowest BCUT2D eigenvalue weighted by molar-refractivity contribution is -0.123. The molecule has 0 unspecified atom stereocenters. The Hall–Kier alpha value is -2.44. The molecule has 2 atom stereocenters. The molecule has 0 bridgehead atoms. The lowest BCUT2D eigenvalue weighted by Crippen LogP contribution is -2.42. The fourth-order valence-corrected chi connectivity index (χ4v) is 2.53. The summed E-state index contributed by atoms with van der Waals surface area (Å²) in [5, 5.41) is 22.3. The number of carbonyl (C=O) groups excluding carboxylic acids is 1. The molecule has 0 aliphatic heterocycles. The average molecular weight is 344 g/mol. The highest BCUT2D eigenvalue weighted by atomic mass is 16.5. The summed E-state index contributed by atoms with van der Waals surface area (Å²) in [6.45, 7) is 3.73. The number of para-hydroxylation sites is 1. The Morgan fingerprint density at radius 3 is 2.52 bits per heavy atom. The Balaban J connectivity index is 1.86. The molecule has 6 heteroatoms. The third kappa shape index (κ3) is 5.27. The van der Waals surface area contributed by atoms with Crippen molar-refractivity contribution in [2.24, 2.45) is 0 Å². The maximum Gasteiger partial charge on any atom is 0.223 e. The van der Waals surface area contributed by atoms with Gasteiger partial charge in [-0.15, -0.1) is 0 Å². The lowest BCUT2D eigenvalue weighted by Gasteiger charge is -2.22. The first-order chi connectivity index (χ1) is 12.0. The summed E-state index contributed by atoms with van der Waals surface area (Å²) in [6, 6.07) is 10.1. The molecule has 0 fully saturated rings. The number of nitrogens with one attached hydrogen (secondary N) is 1. The van der Waals surface area contributed by atoms with E-state index in [1.807, 2.05) is 32.0 Å². The van der Waals surface area contributed by atoms with E-state index in [0.29, 0.717) is 5.69 Å². The fraction of sp³-hybridized carbons (Fsp3) is 0.368. The molecule has 1 aromatic heterocycles. The molecule has 1 aromatic carbocycles. The number of aliphatic hydroxyl groups is 2. The van der Waals surface area contributed by atoms with Crippen LogP contribution in [-0.2, 0) is 4.79 Å². The minimum atomic E-state index is -1.07. The van der Waals surface area contributed by atoms with Crippen LogP contribution in [0.15, 0.2) is 42.6 Å². The van der Waals surface area contributed by atoms with Gasteiger partial charge in [-0.3, -0.25) is 9.78 Å². The first-order valence-electron chi connectivity index (χ1n) is 8.21. The van der Waals surface area contributed by atoms with Gasteiger partial charge in [0.25, 0.3) is 0 Å². The van der Waals surface area contributed by atoms with Crippen molar-refractivity contribution in [3.8, 4) is 5.75 Å². The molecular formula is C19H24N2O4. The zero-order chi connectivity index (χ0) is 18.2. The van der Waals surface area contributed by atoms with Crippen LogP contribution < -0.4 is 10.1 Å². The highest BCUT2D eigenvalue weighted by Gasteiger charge is 2.23. The van der Waals surface area contributed by atoms with Crippen molar-refractivity contribution in [2.75, 3.05) is 13.2 Å². The number of aliphatic hydroxyl groups excluding tert-OH is 2. The maximum absolute atomic E-state index is 12.1. The van der Waals surface area contributed by atoms with E-state index in [4.69, 9.17) is 4.74 Å². The van der Waals surface area contributed by atoms with Crippen LogP contribution in [0.1, 0.15) is 29.3 Å². The number of aromatic nitrogens is 1. The molecular weight excluding hydrogens is 320 g/mol. The summed E-state index contributed by atoms with van der Waals surface area (Å²) >= 11 is 0. The van der Waals surface area contributed by atoms with E-state index in [-0.39, 0.29) is 25.5 Å². The number of aryl methyl sites for hydroxylation is 2. The normalized spacial score (nSPS) is 13.1. The third-order valence-corrected chi connectivity index (χ3v) is 3.90. The van der Waals surface area contributed by atoms with Gasteiger partial charge in [0.1, 0.15) is 11.9 Å². The number of ether oxygens (including phenoxy) is 1. The van der Waals surface area contributed by atoms with Gasteiger partial charge in [-0.2, -0.15) is 0 Å². The zero-order valence-corrected chi connectivity index (χ0v) is 14.5. The Morgan fingerprint density at radius 1 is 1.20 bits per heavy atom. The molecule has 2 rings (SSSR count). The number of pyridine rings is 1. The predicted molar refractivity (Wildman–Crippen MR) is 94.2 cm³/mol. The van der Waals surface area contributed by atoms with Crippen LogP contribution in [0.25, 0.3) is 0 Å². The Labute approximate surface area is 147 Å². The molecule has 1 amide bonds. The molecule has 0 spiro atoms. The minimum Gasteiger partial charge on any atom is -0.493 e. The van der Waals surface area contributed by atoms with Gasteiger partial charge in [0.05, 0.1) is 31.4 Å². The molecule has 6 nitrogen and oxygen atoms in total. The smallest absolute Gasteiger partial charge is 0.223 e. The van der Waals surface area contributed by atoms with Crippen molar-refractivity contribution in [1.82, 2.24) is 10.3 Å². The number of benzene rings is 1. The molecule has 2 aromatic rings. The standard InChI is InChI=1S/C19H24N2O4/c1-13-6-5-7-14(2)19(13)25-11-9-17(23)21-16(12-22)18(24)15-8-3-4-10-20-15/h3-8,10,16,18,22,24H,9,11-12H2,1-2H3,(H,21,23)/t16-,18+/m0/s1. The van der Waals surface area contributed by atoms with Crippen LogP contribution in [0.5, 0.6) is 5.75 Å². The van der Waals surface area contributed by atoms with Gasteiger partial charge >= 0.3 is 0 Å². The Morgan fingerprint density at radius 2 is 1.92 bits per heavy atom. The maximum atomic E-state index is 12.1. The van der Waals surface area contributed by atoms with Gasteiger partial charge in [-0.05, 0) is 37.1 Å². The van der Waals surface area contributed by atoms with E-state index in [9.17, 15) is 15.0 Å². The fourth-order valence-electron chi connectivity index (χ4n) is 2.53. The third-order valence-electron chi connectivity index (χ3n) is 3.90. The first kappa shape index (κ1) is 18.9. The first-order valence-corrected chi connectivity index (χ1v) is 8.21. The van der Waals surface area contributed by atoms with E-state index >= 15 is 0 Å². The van der Waals surface area contributed by atoms with Crippen LogP contribution in [0, 0.1) is 13.8 Å². The van der Waals surface area contributed by atoms with Crippen LogP contribution in [0.3, 0.4) is 0 Å². The molecule has 0 saturated carbocycles. The molecule has 0 radical (unpaired) electrons. The second kappa shape index (κ2) is 9.15. The van der Waals surface area contributed by atoms with Crippen molar-refractivity contribution < 1.29 is 19.7 Å². The largest absolute Gasteiger partial charge is 0.493 e. The molecule has 0 aliphatic rings. The molecule has 0 saturated heterocycles. The molecule has 1 heterocycles. The summed E-state index contributed by atoms with van der Waals surface area (Å²) < 4.78 is 5.70. The quantitative estimate of drug-likeness (QED) is 0.678. The second-order valence-electron chi connectivity index (χ2n) is 5.88. The van der Waals surface area contributed by atoms with Crippen molar-refractivity contribution in [3.05, 3.63) is 59.4 Å². The highest BCUT2D eigenvalue weighted by Crippen LogP contribution is 2.22. The average Bonchev–Trinajstić information content (AvgIpc) is 2.62. The monoisotopic (exact) mass is 344 g/mol. The number of amides is 1. The predicted octanol–water partition coefficient (Wildman–Crippen LogP) is 1.68. The van der Waals surface area contributed by atoms with Crippen LogP contribution >= 0.6 is 0 Å². The Kier molecular flexibility index (Phi) is 6.91. The van der Waals surface area contributed by atoms with E-state index in [1.54, 1.807) is 24.4 Å². The molecule has 25 heavy (non-hydrogen) atoms. The summed E-state index contributed by atoms with van der Waals surface area (Å²) in [7, 11) is 0. The number of hydrogen-bond donors (Lipinski definition) is 3. The van der Waals surface area contributed by atoms with E-state index in [0.717, 1.165) is 16.9 Å². The highest BCUT2D eigenvalue weighted by molar-refractivity contribution is 5.76. The topological polar surface area (TPSA) is 91.7 Å². The Bertz CT molecular complexity index is 671. The number of rotatable bonds is 8. The van der Waals surface area contributed by atoms with Crippen LogP contribution in [0.2, 0.25) is 0 Å². The van der Waals surface area contributed by atoms with Gasteiger partial charge in [0.2, 0.25) is 5.91 Å². The number of hydrogen-bond acceptors (Lipinski definition) is 5. The number of carbonyl (C=O) groups is 1. The summed E-state index contributed by atoms with van der Waals surface area (Å²) in [5.74, 6) is 0.475. The molecule has 134 valence electrons. The summed E-state index contributed by atoms with van der Waals surface area (Å²) in [6.07, 6.45) is 0.599. The molecule has 0 aliphatic carbocycles. The van der Waals surface area contributed by atoms with Crippen LogP contribution in [0.4, 0.5) is 0 Å². The zero-order valence-electron chi connectivity index (χ0n) is 14.5. The summed E-state index contributed by atoms with van der Waals surface area (Å²) in [4.78, 5) is 16.1. The minimum absolute atomic E-state index is 0.124. The van der Waals surface area contributed by atoms with E-state index in [1.165, 1.54) is 0 Å². The van der Waals surface area contributed by atoms with Gasteiger partial charge in [-0.25, -0.2) is 0 Å². The summed E-state index contributed by atoms with van der Waals surface area (Å²) in [5.41, 5.74) is 2.42. The SMILES string of the molecule is Cc1cccc(C)c1OCCC(=O)N[C@@H](CO)[C@H](O)c1ccccn1. The van der Waals surface area contributed by atoms with Gasteiger partial charge in [-0.1, -0.05) is 24.3 Å². The van der Waals surface area contributed by atoms with Gasteiger partial charge in [0.15, 0.2) is 0 Å². The molecule has 3 N–H and O–H groups in total. The number of nitrogens with zero attached hydrogens (tertiary/aromatic N) is 1.